The van der Waals surface area contributed by atoms with E-state index >= 15 is 0 Å². The van der Waals surface area contributed by atoms with Crippen LogP contribution in [0.15, 0.2) is 18.2 Å². The summed E-state index contributed by atoms with van der Waals surface area (Å²) >= 11 is 0. The first-order valence-electron chi connectivity index (χ1n) is 6.99. The lowest BCUT2D eigenvalue weighted by molar-refractivity contribution is -0.0847. The fraction of sp³-hybridized carbons (Fsp3) is 0.562. The van der Waals surface area contributed by atoms with Crippen LogP contribution in [-0.2, 0) is 9.47 Å². The SMILES string of the molecule is COC(=O)c1cc(N)ccc1OC1CC(C)(C)OC1(C)C. The molecule has 0 saturated carbocycles. The molecule has 0 radical (unpaired) electrons. The molecule has 1 fully saturated rings. The minimum Gasteiger partial charge on any atom is -0.486 e. The van der Waals surface area contributed by atoms with Gasteiger partial charge in [0.25, 0.3) is 0 Å². The van der Waals surface area contributed by atoms with Crippen molar-refractivity contribution in [2.75, 3.05) is 12.8 Å². The molecule has 2 rings (SSSR count). The summed E-state index contributed by atoms with van der Waals surface area (Å²) in [5.41, 5.74) is 5.87. The highest BCUT2D eigenvalue weighted by Crippen LogP contribution is 2.40. The van der Waals surface area contributed by atoms with E-state index in [2.05, 4.69) is 0 Å². The molecule has 0 bridgehead atoms. The molecule has 0 spiro atoms. The molecule has 1 aliphatic rings. The van der Waals surface area contributed by atoms with Crippen molar-refractivity contribution >= 4 is 11.7 Å². The van der Waals surface area contributed by atoms with Crippen molar-refractivity contribution in [1.29, 1.82) is 0 Å². The maximum absolute atomic E-state index is 11.9. The molecule has 1 aromatic rings. The van der Waals surface area contributed by atoms with Gasteiger partial charge in [0.1, 0.15) is 23.0 Å². The molecule has 116 valence electrons. The van der Waals surface area contributed by atoms with Gasteiger partial charge in [-0.2, -0.15) is 0 Å². The Morgan fingerprint density at radius 2 is 2.00 bits per heavy atom. The second-order valence-corrected chi connectivity index (χ2v) is 6.52. The predicted molar refractivity (Wildman–Crippen MR) is 80.5 cm³/mol. The molecule has 0 aliphatic carbocycles. The third-order valence-corrected chi connectivity index (χ3v) is 3.67. The van der Waals surface area contributed by atoms with E-state index < -0.39 is 11.6 Å². The number of methoxy groups -OCH3 is 1. The fourth-order valence-corrected chi connectivity index (χ4v) is 2.77. The van der Waals surface area contributed by atoms with Crippen molar-refractivity contribution in [3.05, 3.63) is 23.8 Å². The molecule has 1 saturated heterocycles. The zero-order valence-electron chi connectivity index (χ0n) is 13.2. The highest BCUT2D eigenvalue weighted by Gasteiger charge is 2.47. The fourth-order valence-electron chi connectivity index (χ4n) is 2.77. The van der Waals surface area contributed by atoms with Gasteiger partial charge in [0, 0.05) is 12.1 Å². The summed E-state index contributed by atoms with van der Waals surface area (Å²) in [6.07, 6.45) is 0.588. The Labute approximate surface area is 125 Å². The van der Waals surface area contributed by atoms with Crippen LogP contribution in [0.5, 0.6) is 5.75 Å². The average Bonchev–Trinajstić information content (AvgIpc) is 2.58. The number of esters is 1. The van der Waals surface area contributed by atoms with Crippen LogP contribution in [0, 0.1) is 0 Å². The quantitative estimate of drug-likeness (QED) is 0.685. The van der Waals surface area contributed by atoms with Gasteiger partial charge in [-0.25, -0.2) is 4.79 Å². The van der Waals surface area contributed by atoms with Gasteiger partial charge in [0.15, 0.2) is 0 Å². The van der Waals surface area contributed by atoms with E-state index in [-0.39, 0.29) is 11.7 Å². The predicted octanol–water partition coefficient (Wildman–Crippen LogP) is 2.78. The van der Waals surface area contributed by atoms with Gasteiger partial charge < -0.3 is 19.9 Å². The Kier molecular flexibility index (Phi) is 3.89. The highest BCUT2D eigenvalue weighted by molar-refractivity contribution is 5.93. The summed E-state index contributed by atoms with van der Waals surface area (Å²) in [5.74, 6) is 0.00343. The number of anilines is 1. The van der Waals surface area contributed by atoms with E-state index in [4.69, 9.17) is 19.9 Å². The summed E-state index contributed by atoms with van der Waals surface area (Å²) in [6.45, 7) is 8.04. The van der Waals surface area contributed by atoms with Crippen LogP contribution in [-0.4, -0.2) is 30.4 Å². The zero-order valence-corrected chi connectivity index (χ0v) is 13.2. The molecular weight excluding hydrogens is 270 g/mol. The van der Waals surface area contributed by atoms with Crippen LogP contribution in [0.4, 0.5) is 5.69 Å². The number of carbonyl (C=O) groups excluding carboxylic acids is 1. The number of hydrogen-bond donors (Lipinski definition) is 1. The summed E-state index contributed by atoms with van der Waals surface area (Å²) in [5, 5.41) is 0. The minimum atomic E-state index is -0.465. The molecule has 5 heteroatoms. The Balaban J connectivity index is 2.30. The average molecular weight is 293 g/mol. The number of ether oxygens (including phenoxy) is 3. The van der Waals surface area contributed by atoms with E-state index in [0.717, 1.165) is 6.42 Å². The number of nitrogen functional groups attached to an aromatic ring is 1. The Hall–Kier alpha value is -1.75. The van der Waals surface area contributed by atoms with Gasteiger partial charge in [0.2, 0.25) is 0 Å². The molecular formula is C16H23NO4. The Morgan fingerprint density at radius 1 is 1.33 bits per heavy atom. The second kappa shape index (κ2) is 5.22. The van der Waals surface area contributed by atoms with Crippen molar-refractivity contribution in [2.24, 2.45) is 0 Å². The minimum absolute atomic E-state index is 0.153. The third-order valence-electron chi connectivity index (χ3n) is 3.67. The van der Waals surface area contributed by atoms with Crippen molar-refractivity contribution < 1.29 is 19.0 Å². The number of rotatable bonds is 3. The first kappa shape index (κ1) is 15.6. The number of benzene rings is 1. The van der Waals surface area contributed by atoms with E-state index in [1.807, 2.05) is 27.7 Å². The van der Waals surface area contributed by atoms with Crippen LogP contribution in [0.3, 0.4) is 0 Å². The first-order chi connectivity index (χ1) is 9.64. The Bertz CT molecular complexity index is 551. The van der Waals surface area contributed by atoms with Gasteiger partial charge in [0.05, 0.1) is 12.7 Å². The van der Waals surface area contributed by atoms with E-state index in [1.165, 1.54) is 7.11 Å². The molecule has 1 atom stereocenters. The monoisotopic (exact) mass is 293 g/mol. The van der Waals surface area contributed by atoms with Gasteiger partial charge in [-0.3, -0.25) is 0 Å². The van der Waals surface area contributed by atoms with E-state index in [0.29, 0.717) is 17.0 Å². The van der Waals surface area contributed by atoms with Gasteiger partial charge in [-0.15, -0.1) is 0 Å². The van der Waals surface area contributed by atoms with E-state index in [1.54, 1.807) is 18.2 Å². The van der Waals surface area contributed by atoms with Crippen LogP contribution in [0.25, 0.3) is 0 Å². The summed E-state index contributed by atoms with van der Waals surface area (Å²) in [7, 11) is 1.33. The van der Waals surface area contributed by atoms with Gasteiger partial charge >= 0.3 is 5.97 Å². The molecule has 21 heavy (non-hydrogen) atoms. The number of hydrogen-bond acceptors (Lipinski definition) is 5. The lowest BCUT2D eigenvalue weighted by Gasteiger charge is -2.28. The molecule has 1 unspecified atom stereocenters. The number of carbonyl (C=O) groups is 1. The molecule has 1 heterocycles. The summed E-state index contributed by atoms with van der Waals surface area (Å²) in [4.78, 5) is 11.9. The molecule has 1 aromatic carbocycles. The van der Waals surface area contributed by atoms with Crippen LogP contribution >= 0.6 is 0 Å². The largest absolute Gasteiger partial charge is 0.486 e. The molecule has 2 N–H and O–H groups in total. The second-order valence-electron chi connectivity index (χ2n) is 6.52. The molecule has 0 amide bonds. The molecule has 1 aliphatic heterocycles. The van der Waals surface area contributed by atoms with E-state index in [9.17, 15) is 4.79 Å². The summed E-state index contributed by atoms with van der Waals surface area (Å²) < 4.78 is 16.8. The zero-order chi connectivity index (χ0) is 15.8. The van der Waals surface area contributed by atoms with Crippen LogP contribution in [0.1, 0.15) is 44.5 Å². The standard InChI is InChI=1S/C16H23NO4/c1-15(2)9-13(16(3,4)21-15)20-12-7-6-10(17)8-11(12)14(18)19-5/h6-8,13H,9,17H2,1-5H3. The Morgan fingerprint density at radius 3 is 2.52 bits per heavy atom. The lowest BCUT2D eigenvalue weighted by Crippen LogP contribution is -2.37. The normalized spacial score (nSPS) is 22.8. The molecule has 0 aromatic heterocycles. The highest BCUT2D eigenvalue weighted by atomic mass is 16.6. The molecule has 5 nitrogen and oxygen atoms in total. The first-order valence-corrected chi connectivity index (χ1v) is 6.99. The maximum Gasteiger partial charge on any atom is 0.341 e. The van der Waals surface area contributed by atoms with Gasteiger partial charge in [-0.1, -0.05) is 0 Å². The van der Waals surface area contributed by atoms with Crippen molar-refractivity contribution in [1.82, 2.24) is 0 Å². The number of nitrogens with two attached hydrogens (primary N) is 1. The lowest BCUT2D eigenvalue weighted by atomic mass is 9.97. The van der Waals surface area contributed by atoms with Crippen LogP contribution < -0.4 is 10.5 Å². The smallest absolute Gasteiger partial charge is 0.341 e. The third kappa shape index (κ3) is 3.29. The summed E-state index contributed by atoms with van der Waals surface area (Å²) in [6, 6.07) is 4.97. The van der Waals surface area contributed by atoms with Gasteiger partial charge in [-0.05, 0) is 45.9 Å². The van der Waals surface area contributed by atoms with Crippen molar-refractivity contribution in [2.45, 2.75) is 51.4 Å². The maximum atomic E-state index is 11.9. The van der Waals surface area contributed by atoms with Crippen molar-refractivity contribution in [3.8, 4) is 5.75 Å². The van der Waals surface area contributed by atoms with Crippen LogP contribution in [0.2, 0.25) is 0 Å². The topological polar surface area (TPSA) is 70.8 Å². The van der Waals surface area contributed by atoms with Crippen molar-refractivity contribution in [3.63, 3.8) is 0 Å².